The van der Waals surface area contributed by atoms with E-state index in [1.807, 2.05) is 0 Å². The van der Waals surface area contributed by atoms with Crippen molar-refractivity contribution in [2.24, 2.45) is 5.92 Å². The fourth-order valence-corrected chi connectivity index (χ4v) is 2.11. The largest absolute Gasteiger partial charge is 0.459 e. The van der Waals surface area contributed by atoms with Gasteiger partial charge in [-0.15, -0.1) is 0 Å². The van der Waals surface area contributed by atoms with Crippen LogP contribution in [-0.2, 0) is 16.0 Å². The highest BCUT2D eigenvalue weighted by Crippen LogP contribution is 2.31. The molecule has 0 bridgehead atoms. The highest BCUT2D eigenvalue weighted by molar-refractivity contribution is 6.12. The minimum atomic E-state index is -1.08. The SMILES string of the molecule is CC(C)(C)OC(=O)C1Cc2cc(F)cc(F)c2C1=O. The molecule has 0 spiro atoms. The molecule has 2 rings (SSSR count). The van der Waals surface area contributed by atoms with Crippen LogP contribution < -0.4 is 0 Å². The van der Waals surface area contributed by atoms with Crippen molar-refractivity contribution in [3.8, 4) is 0 Å². The monoisotopic (exact) mass is 268 g/mol. The smallest absolute Gasteiger partial charge is 0.317 e. The van der Waals surface area contributed by atoms with E-state index >= 15 is 0 Å². The van der Waals surface area contributed by atoms with Crippen molar-refractivity contribution in [1.29, 1.82) is 0 Å². The second-order valence-corrected chi connectivity index (χ2v) is 5.58. The molecule has 0 amide bonds. The van der Waals surface area contributed by atoms with Gasteiger partial charge in [-0.3, -0.25) is 9.59 Å². The van der Waals surface area contributed by atoms with Crippen LogP contribution in [0.15, 0.2) is 12.1 Å². The number of fused-ring (bicyclic) bond motifs is 1. The lowest BCUT2D eigenvalue weighted by Crippen LogP contribution is -2.31. The number of hydrogen-bond acceptors (Lipinski definition) is 3. The number of esters is 1. The molecule has 0 N–H and O–H groups in total. The van der Waals surface area contributed by atoms with E-state index in [1.165, 1.54) is 0 Å². The number of ketones is 1. The van der Waals surface area contributed by atoms with E-state index in [2.05, 4.69) is 0 Å². The third kappa shape index (κ3) is 2.64. The lowest BCUT2D eigenvalue weighted by molar-refractivity contribution is -0.157. The quantitative estimate of drug-likeness (QED) is 0.581. The summed E-state index contributed by atoms with van der Waals surface area (Å²) in [6.45, 7) is 5.03. The van der Waals surface area contributed by atoms with Crippen molar-refractivity contribution >= 4 is 11.8 Å². The first-order valence-electron chi connectivity index (χ1n) is 5.94. The van der Waals surface area contributed by atoms with Crippen molar-refractivity contribution in [2.75, 3.05) is 0 Å². The normalized spacial score (nSPS) is 18.4. The van der Waals surface area contributed by atoms with Crippen molar-refractivity contribution < 1.29 is 23.1 Å². The number of hydrogen-bond donors (Lipinski definition) is 0. The van der Waals surface area contributed by atoms with Crippen LogP contribution in [0.3, 0.4) is 0 Å². The molecule has 0 aliphatic heterocycles. The fraction of sp³-hybridized carbons (Fsp3) is 0.429. The van der Waals surface area contributed by atoms with Crippen LogP contribution in [0.2, 0.25) is 0 Å². The second kappa shape index (κ2) is 4.40. The van der Waals surface area contributed by atoms with E-state index in [4.69, 9.17) is 4.74 Å². The van der Waals surface area contributed by atoms with Gasteiger partial charge in [0.25, 0.3) is 0 Å². The maximum Gasteiger partial charge on any atom is 0.317 e. The molecule has 0 saturated heterocycles. The Balaban J connectivity index is 2.29. The average Bonchev–Trinajstić information content (AvgIpc) is 2.53. The van der Waals surface area contributed by atoms with Crippen LogP contribution >= 0.6 is 0 Å². The van der Waals surface area contributed by atoms with Crippen molar-refractivity contribution in [3.05, 3.63) is 34.9 Å². The Labute approximate surface area is 109 Å². The van der Waals surface area contributed by atoms with Crippen LogP contribution in [0.4, 0.5) is 8.78 Å². The second-order valence-electron chi connectivity index (χ2n) is 5.58. The Morgan fingerprint density at radius 3 is 2.53 bits per heavy atom. The van der Waals surface area contributed by atoms with E-state index in [9.17, 15) is 18.4 Å². The summed E-state index contributed by atoms with van der Waals surface area (Å²) in [4.78, 5) is 23.9. The zero-order valence-electron chi connectivity index (χ0n) is 10.9. The summed E-state index contributed by atoms with van der Waals surface area (Å²) in [7, 11) is 0. The Bertz CT molecular complexity index is 559. The molecule has 0 aromatic heterocycles. The molecular formula is C14H14F2O3. The Morgan fingerprint density at radius 2 is 1.95 bits per heavy atom. The number of halogens is 2. The molecule has 5 heteroatoms. The van der Waals surface area contributed by atoms with Crippen LogP contribution in [0, 0.1) is 17.6 Å². The fourth-order valence-electron chi connectivity index (χ4n) is 2.11. The van der Waals surface area contributed by atoms with Gasteiger partial charge in [0.2, 0.25) is 0 Å². The summed E-state index contributed by atoms with van der Waals surface area (Å²) >= 11 is 0. The molecule has 3 nitrogen and oxygen atoms in total. The van der Waals surface area contributed by atoms with E-state index in [-0.39, 0.29) is 17.5 Å². The maximum atomic E-state index is 13.6. The first kappa shape index (κ1) is 13.6. The van der Waals surface area contributed by atoms with Gasteiger partial charge >= 0.3 is 5.97 Å². The van der Waals surface area contributed by atoms with Crippen molar-refractivity contribution in [3.63, 3.8) is 0 Å². The first-order chi connectivity index (χ1) is 8.69. The van der Waals surface area contributed by atoms with E-state index in [1.54, 1.807) is 20.8 Å². The van der Waals surface area contributed by atoms with E-state index < -0.39 is 34.9 Å². The predicted molar refractivity (Wildman–Crippen MR) is 63.7 cm³/mol. The number of benzene rings is 1. The van der Waals surface area contributed by atoms with Crippen LogP contribution in [0.1, 0.15) is 36.7 Å². The molecule has 1 atom stereocenters. The summed E-state index contributed by atoms with van der Waals surface area (Å²) < 4.78 is 31.8. The Morgan fingerprint density at radius 1 is 1.32 bits per heavy atom. The van der Waals surface area contributed by atoms with Crippen molar-refractivity contribution in [2.45, 2.75) is 32.8 Å². The minimum absolute atomic E-state index is 0.0161. The van der Waals surface area contributed by atoms with Crippen LogP contribution in [0.5, 0.6) is 0 Å². The van der Waals surface area contributed by atoms with Crippen molar-refractivity contribution in [1.82, 2.24) is 0 Å². The van der Waals surface area contributed by atoms with Gasteiger partial charge in [-0.05, 0) is 38.8 Å². The zero-order valence-corrected chi connectivity index (χ0v) is 10.9. The number of Topliss-reactive ketones (excluding diaryl/α,β-unsaturated/α-hetero) is 1. The molecule has 1 aromatic rings. The maximum absolute atomic E-state index is 13.6. The van der Waals surface area contributed by atoms with Gasteiger partial charge in [0.1, 0.15) is 23.2 Å². The minimum Gasteiger partial charge on any atom is -0.459 e. The van der Waals surface area contributed by atoms with Gasteiger partial charge in [-0.2, -0.15) is 0 Å². The van der Waals surface area contributed by atoms with E-state index in [0.29, 0.717) is 6.07 Å². The van der Waals surface area contributed by atoms with Gasteiger partial charge < -0.3 is 4.74 Å². The third-order valence-corrected chi connectivity index (χ3v) is 2.81. The summed E-state index contributed by atoms with van der Waals surface area (Å²) in [6, 6.07) is 1.73. The highest BCUT2D eigenvalue weighted by atomic mass is 19.1. The lowest BCUT2D eigenvalue weighted by atomic mass is 10.0. The Kier molecular flexibility index (Phi) is 3.16. The zero-order chi connectivity index (χ0) is 14.4. The molecule has 19 heavy (non-hydrogen) atoms. The molecule has 0 heterocycles. The first-order valence-corrected chi connectivity index (χ1v) is 5.94. The summed E-state index contributed by atoms with van der Waals surface area (Å²) in [6.07, 6.45) is -0.0161. The lowest BCUT2D eigenvalue weighted by Gasteiger charge is -2.21. The standard InChI is InChI=1S/C14H14F2O3/c1-14(2,3)19-13(18)9-5-7-4-8(15)6-10(16)11(7)12(9)17/h4,6,9H,5H2,1-3H3. The molecule has 0 radical (unpaired) electrons. The molecule has 0 fully saturated rings. The number of rotatable bonds is 1. The van der Waals surface area contributed by atoms with Crippen LogP contribution in [-0.4, -0.2) is 17.4 Å². The summed E-state index contributed by atoms with van der Waals surface area (Å²) in [5.41, 5.74) is -0.703. The number of carbonyl (C=O) groups is 2. The number of carbonyl (C=O) groups excluding carboxylic acids is 2. The van der Waals surface area contributed by atoms with E-state index in [0.717, 1.165) is 6.07 Å². The molecule has 1 aliphatic carbocycles. The molecule has 102 valence electrons. The van der Waals surface area contributed by atoms with Gasteiger partial charge in [0, 0.05) is 6.07 Å². The molecule has 1 unspecified atom stereocenters. The molecular weight excluding hydrogens is 254 g/mol. The Hall–Kier alpha value is -1.78. The summed E-state index contributed by atoms with van der Waals surface area (Å²) in [5.74, 6) is -4.10. The highest BCUT2D eigenvalue weighted by Gasteiger charge is 2.40. The van der Waals surface area contributed by atoms with Crippen LogP contribution in [0.25, 0.3) is 0 Å². The molecule has 1 aliphatic rings. The molecule has 0 saturated carbocycles. The van der Waals surface area contributed by atoms with Gasteiger partial charge in [-0.1, -0.05) is 0 Å². The van der Waals surface area contributed by atoms with Gasteiger partial charge in [-0.25, -0.2) is 8.78 Å². The summed E-state index contributed by atoms with van der Waals surface area (Å²) in [5, 5.41) is 0. The third-order valence-electron chi connectivity index (χ3n) is 2.81. The molecule has 1 aromatic carbocycles. The van der Waals surface area contributed by atoms with Gasteiger partial charge in [0.15, 0.2) is 5.78 Å². The number of ether oxygens (including phenoxy) is 1. The average molecular weight is 268 g/mol. The topological polar surface area (TPSA) is 43.4 Å². The van der Waals surface area contributed by atoms with Gasteiger partial charge in [0.05, 0.1) is 5.56 Å². The predicted octanol–water partition coefficient (Wildman–Crippen LogP) is 2.66.